The number of imidazole rings is 1. The van der Waals surface area contributed by atoms with Gasteiger partial charge in [-0.1, -0.05) is 12.1 Å². The molecule has 0 N–H and O–H groups in total. The lowest BCUT2D eigenvalue weighted by Crippen LogP contribution is -2.39. The molecule has 0 bridgehead atoms. The van der Waals surface area contributed by atoms with Gasteiger partial charge in [-0.3, -0.25) is 13.9 Å². The number of nitrogens with zero attached hydrogens (tertiary/aromatic N) is 4. The van der Waals surface area contributed by atoms with Crippen LogP contribution < -0.4 is 11.2 Å². The van der Waals surface area contributed by atoms with Gasteiger partial charge in [0.25, 0.3) is 5.56 Å². The molecule has 0 aliphatic heterocycles. The largest absolute Gasteiger partial charge is 0.332 e. The zero-order valence-corrected chi connectivity index (χ0v) is 16.2. The van der Waals surface area contributed by atoms with Crippen molar-refractivity contribution < 1.29 is 4.39 Å². The third-order valence-electron chi connectivity index (χ3n) is 4.28. The van der Waals surface area contributed by atoms with Crippen molar-refractivity contribution in [3.8, 4) is 0 Å². The lowest BCUT2D eigenvalue weighted by atomic mass is 10.2. The van der Waals surface area contributed by atoms with Gasteiger partial charge in [-0.05, 0) is 53.5 Å². The van der Waals surface area contributed by atoms with Crippen LogP contribution in [0.15, 0.2) is 32.3 Å². The number of fused-ring (bicyclic) bond motifs is 1. The Hall–Kier alpha value is -2.48. The zero-order chi connectivity index (χ0) is 19.0. The second-order valence-electron chi connectivity index (χ2n) is 5.78. The summed E-state index contributed by atoms with van der Waals surface area (Å²) in [6.07, 6.45) is 3.51. The highest BCUT2D eigenvalue weighted by Gasteiger charge is 2.17. The van der Waals surface area contributed by atoms with Gasteiger partial charge in [0, 0.05) is 20.1 Å². The van der Waals surface area contributed by atoms with E-state index in [1.807, 2.05) is 6.92 Å². The molecule has 6 nitrogen and oxygen atoms in total. The first-order valence-corrected chi connectivity index (χ1v) is 9.01. The number of rotatable bonds is 4. The van der Waals surface area contributed by atoms with E-state index in [1.54, 1.807) is 42.8 Å². The van der Waals surface area contributed by atoms with Crippen molar-refractivity contribution in [3.63, 3.8) is 0 Å². The maximum Gasteiger partial charge on any atom is 0.332 e. The van der Waals surface area contributed by atoms with Crippen LogP contribution in [-0.2, 0) is 20.1 Å². The quantitative estimate of drug-likeness (QED) is 0.651. The zero-order valence-electron chi connectivity index (χ0n) is 14.7. The van der Waals surface area contributed by atoms with Crippen molar-refractivity contribution in [1.29, 1.82) is 0 Å². The molecule has 0 radical (unpaired) electrons. The highest BCUT2D eigenvalue weighted by Crippen LogP contribution is 2.19. The van der Waals surface area contributed by atoms with Crippen molar-refractivity contribution >= 4 is 39.2 Å². The topological polar surface area (TPSA) is 61.8 Å². The lowest BCUT2D eigenvalue weighted by molar-refractivity contribution is 0.604. The van der Waals surface area contributed by atoms with E-state index in [0.717, 1.165) is 5.56 Å². The molecule has 3 rings (SSSR count). The molecule has 26 heavy (non-hydrogen) atoms. The average Bonchev–Trinajstić information content (AvgIpc) is 2.93. The highest BCUT2D eigenvalue weighted by atomic mass is 79.9. The highest BCUT2D eigenvalue weighted by molar-refractivity contribution is 9.10. The Kier molecular flexibility index (Phi) is 4.95. The molecule has 2 heterocycles. The first-order valence-electron chi connectivity index (χ1n) is 8.22. The van der Waals surface area contributed by atoms with Crippen LogP contribution in [0.5, 0.6) is 0 Å². The Labute approximate surface area is 157 Å². The molecule has 0 saturated heterocycles. The van der Waals surface area contributed by atoms with E-state index in [2.05, 4.69) is 20.9 Å². The van der Waals surface area contributed by atoms with E-state index >= 15 is 0 Å². The van der Waals surface area contributed by atoms with Crippen LogP contribution >= 0.6 is 15.9 Å². The van der Waals surface area contributed by atoms with E-state index < -0.39 is 0 Å². The summed E-state index contributed by atoms with van der Waals surface area (Å²) in [6.45, 7) is 4.32. The van der Waals surface area contributed by atoms with Crippen LogP contribution in [0.2, 0.25) is 0 Å². The number of hydrogen-bond donors (Lipinski definition) is 0. The molecular formula is C18H18BrFN4O2. The van der Waals surface area contributed by atoms with Crippen molar-refractivity contribution in [2.24, 2.45) is 7.05 Å². The maximum absolute atomic E-state index is 13.3. The molecule has 1 aromatic carbocycles. The molecule has 0 fully saturated rings. The fourth-order valence-electron chi connectivity index (χ4n) is 2.88. The molecule has 0 spiro atoms. The van der Waals surface area contributed by atoms with Gasteiger partial charge in [-0.15, -0.1) is 0 Å². The second-order valence-corrected chi connectivity index (χ2v) is 6.64. The molecule has 2 aromatic heterocycles. The smallest absolute Gasteiger partial charge is 0.322 e. The summed E-state index contributed by atoms with van der Waals surface area (Å²) in [4.78, 5) is 29.6. The van der Waals surface area contributed by atoms with Gasteiger partial charge < -0.3 is 4.57 Å². The fourth-order valence-corrected chi connectivity index (χ4v) is 3.28. The second kappa shape index (κ2) is 7.03. The Morgan fingerprint density at radius 3 is 2.46 bits per heavy atom. The molecule has 0 unspecified atom stereocenters. The summed E-state index contributed by atoms with van der Waals surface area (Å²) in [5, 5.41) is 0. The summed E-state index contributed by atoms with van der Waals surface area (Å²) in [6, 6.07) is 4.67. The van der Waals surface area contributed by atoms with Crippen molar-refractivity contribution in [3.05, 3.63) is 60.7 Å². The van der Waals surface area contributed by atoms with E-state index in [1.165, 1.54) is 15.2 Å². The molecule has 0 saturated carbocycles. The van der Waals surface area contributed by atoms with Crippen LogP contribution in [-0.4, -0.2) is 18.7 Å². The minimum Gasteiger partial charge on any atom is -0.322 e. The summed E-state index contributed by atoms with van der Waals surface area (Å²) in [5.41, 5.74) is 0.826. The van der Waals surface area contributed by atoms with Gasteiger partial charge in [-0.25, -0.2) is 14.2 Å². The average molecular weight is 421 g/mol. The summed E-state index contributed by atoms with van der Waals surface area (Å²) >= 11 is 3.16. The Balaban J connectivity index is 2.19. The van der Waals surface area contributed by atoms with Crippen LogP contribution in [0, 0.1) is 5.82 Å². The number of aryl methyl sites for hydroxylation is 2. The number of aromatic nitrogens is 4. The van der Waals surface area contributed by atoms with Crippen LogP contribution in [0.3, 0.4) is 0 Å². The third-order valence-corrected chi connectivity index (χ3v) is 4.89. The molecule has 8 heteroatoms. The van der Waals surface area contributed by atoms with Crippen molar-refractivity contribution in [2.75, 3.05) is 0 Å². The van der Waals surface area contributed by atoms with Gasteiger partial charge in [-0.2, -0.15) is 0 Å². The number of benzene rings is 1. The predicted molar refractivity (Wildman–Crippen MR) is 104 cm³/mol. The Morgan fingerprint density at radius 1 is 1.15 bits per heavy atom. The SMILES string of the molecule is CCn1c(=O)c2c(nc(C=Cc3ccc(F)c(Br)c3)n2C)n(CC)c1=O. The molecule has 136 valence electrons. The number of halogens is 2. The van der Waals surface area contributed by atoms with E-state index in [4.69, 9.17) is 0 Å². The van der Waals surface area contributed by atoms with E-state index in [-0.39, 0.29) is 17.1 Å². The van der Waals surface area contributed by atoms with Gasteiger partial charge in [0.15, 0.2) is 11.2 Å². The maximum atomic E-state index is 13.3. The first kappa shape index (κ1) is 18.3. The molecular weight excluding hydrogens is 403 g/mol. The minimum atomic E-state index is -0.358. The van der Waals surface area contributed by atoms with E-state index in [9.17, 15) is 14.0 Å². The number of hydrogen-bond acceptors (Lipinski definition) is 3. The van der Waals surface area contributed by atoms with Gasteiger partial charge in [0.05, 0.1) is 4.47 Å². The van der Waals surface area contributed by atoms with E-state index in [0.29, 0.717) is 34.6 Å². The molecule has 3 aromatic rings. The van der Waals surface area contributed by atoms with Crippen molar-refractivity contribution in [2.45, 2.75) is 26.9 Å². The van der Waals surface area contributed by atoms with Crippen LogP contribution in [0.4, 0.5) is 4.39 Å². The van der Waals surface area contributed by atoms with Crippen molar-refractivity contribution in [1.82, 2.24) is 18.7 Å². The molecule has 0 aliphatic carbocycles. The third kappa shape index (κ3) is 2.94. The lowest BCUT2D eigenvalue weighted by Gasteiger charge is -2.08. The van der Waals surface area contributed by atoms with Crippen LogP contribution in [0.25, 0.3) is 23.3 Å². The minimum absolute atomic E-state index is 0.299. The summed E-state index contributed by atoms with van der Waals surface area (Å²) in [5.74, 6) is 0.199. The molecule has 0 amide bonds. The predicted octanol–water partition coefficient (Wildman–Crippen LogP) is 3.01. The Bertz CT molecular complexity index is 1140. The summed E-state index contributed by atoms with van der Waals surface area (Å²) in [7, 11) is 1.74. The molecule has 0 aliphatic rings. The monoisotopic (exact) mass is 420 g/mol. The van der Waals surface area contributed by atoms with Crippen LogP contribution in [0.1, 0.15) is 25.2 Å². The first-order chi connectivity index (χ1) is 12.4. The molecule has 0 atom stereocenters. The standard InChI is InChI=1S/C18H18BrFN4O2/c1-4-23-16-15(17(25)24(5-2)18(23)26)22(3)14(21-16)9-7-11-6-8-13(20)12(19)10-11/h6-10H,4-5H2,1-3H3. The van der Waals surface area contributed by atoms with Gasteiger partial charge in [0.1, 0.15) is 11.6 Å². The fraction of sp³-hybridized carbons (Fsp3) is 0.278. The normalized spacial score (nSPS) is 11.7. The van der Waals surface area contributed by atoms with Gasteiger partial charge >= 0.3 is 5.69 Å². The summed E-state index contributed by atoms with van der Waals surface area (Å²) < 4.78 is 18.1. The van der Waals surface area contributed by atoms with Gasteiger partial charge in [0.2, 0.25) is 0 Å². The Morgan fingerprint density at radius 2 is 1.85 bits per heavy atom.